The maximum absolute atomic E-state index is 8.47. The fourth-order valence-electron chi connectivity index (χ4n) is 1.23. The van der Waals surface area contributed by atoms with Crippen molar-refractivity contribution in [3.8, 4) is 11.5 Å². The van der Waals surface area contributed by atoms with Crippen LogP contribution in [-0.2, 0) is 0 Å². The molecular formula is C11H14BrNO3. The lowest BCUT2D eigenvalue weighted by Crippen LogP contribution is -2.07. The molecule has 0 radical (unpaired) electrons. The van der Waals surface area contributed by atoms with Gasteiger partial charge in [0, 0.05) is 5.56 Å². The summed E-state index contributed by atoms with van der Waals surface area (Å²) in [4.78, 5) is 0. The molecule has 0 fully saturated rings. The monoisotopic (exact) mass is 287 g/mol. The lowest BCUT2D eigenvalue weighted by Gasteiger charge is -2.15. The Morgan fingerprint density at radius 1 is 1.44 bits per heavy atom. The van der Waals surface area contributed by atoms with E-state index in [1.165, 1.54) is 6.21 Å². The Kier molecular flexibility index (Phi) is 4.61. The molecule has 0 aliphatic rings. The molecule has 16 heavy (non-hydrogen) atoms. The molecule has 0 aliphatic carbocycles. The molecule has 0 heterocycles. The second kappa shape index (κ2) is 5.75. The highest BCUT2D eigenvalue weighted by Crippen LogP contribution is 2.36. The van der Waals surface area contributed by atoms with Crippen LogP contribution in [0, 0.1) is 0 Å². The first-order valence-corrected chi connectivity index (χ1v) is 5.59. The topological polar surface area (TPSA) is 51.0 Å². The van der Waals surface area contributed by atoms with Crippen LogP contribution in [0.2, 0.25) is 0 Å². The molecule has 0 atom stereocenters. The van der Waals surface area contributed by atoms with Gasteiger partial charge in [-0.05, 0) is 41.9 Å². The van der Waals surface area contributed by atoms with E-state index in [4.69, 9.17) is 14.7 Å². The number of hydrogen-bond donors (Lipinski definition) is 1. The van der Waals surface area contributed by atoms with Gasteiger partial charge in [0.2, 0.25) is 0 Å². The third-order valence-electron chi connectivity index (χ3n) is 1.81. The molecule has 0 unspecified atom stereocenters. The first-order valence-electron chi connectivity index (χ1n) is 4.80. The first kappa shape index (κ1) is 12.8. The van der Waals surface area contributed by atoms with Gasteiger partial charge in [-0.3, -0.25) is 0 Å². The Bertz CT molecular complexity index is 391. The van der Waals surface area contributed by atoms with Crippen LogP contribution in [-0.4, -0.2) is 24.6 Å². The van der Waals surface area contributed by atoms with Gasteiger partial charge in [0.05, 0.1) is 23.9 Å². The summed E-state index contributed by atoms with van der Waals surface area (Å²) in [6.07, 6.45) is 1.38. The van der Waals surface area contributed by atoms with Crippen molar-refractivity contribution in [1.82, 2.24) is 0 Å². The van der Waals surface area contributed by atoms with Crippen LogP contribution >= 0.6 is 15.9 Å². The molecule has 0 aromatic heterocycles. The molecule has 1 aromatic rings. The van der Waals surface area contributed by atoms with Crippen molar-refractivity contribution in [2.75, 3.05) is 7.11 Å². The molecule has 0 spiro atoms. The average molecular weight is 288 g/mol. The minimum Gasteiger partial charge on any atom is -0.493 e. The molecule has 5 heteroatoms. The number of hydrogen-bond acceptors (Lipinski definition) is 4. The number of methoxy groups -OCH3 is 1. The van der Waals surface area contributed by atoms with Gasteiger partial charge in [0.15, 0.2) is 11.5 Å². The van der Waals surface area contributed by atoms with Gasteiger partial charge >= 0.3 is 0 Å². The van der Waals surface area contributed by atoms with E-state index in [1.807, 2.05) is 13.8 Å². The van der Waals surface area contributed by atoms with Crippen LogP contribution in [0.3, 0.4) is 0 Å². The Balaban J connectivity index is 3.17. The van der Waals surface area contributed by atoms with Crippen molar-refractivity contribution in [2.45, 2.75) is 20.0 Å². The highest BCUT2D eigenvalue weighted by Gasteiger charge is 2.12. The highest BCUT2D eigenvalue weighted by atomic mass is 79.9. The number of halogens is 1. The Labute approximate surface area is 103 Å². The molecule has 88 valence electrons. The van der Waals surface area contributed by atoms with E-state index in [9.17, 15) is 0 Å². The molecule has 0 bridgehead atoms. The molecule has 0 aliphatic heterocycles. The van der Waals surface area contributed by atoms with Gasteiger partial charge < -0.3 is 14.7 Å². The van der Waals surface area contributed by atoms with Gasteiger partial charge in [0.25, 0.3) is 0 Å². The van der Waals surface area contributed by atoms with E-state index in [1.54, 1.807) is 19.2 Å². The Hall–Kier alpha value is -1.23. The minimum atomic E-state index is 0.0579. The quantitative estimate of drug-likeness (QED) is 0.526. The van der Waals surface area contributed by atoms with Crippen LogP contribution < -0.4 is 9.47 Å². The van der Waals surface area contributed by atoms with Gasteiger partial charge in [-0.2, -0.15) is 0 Å². The second-order valence-electron chi connectivity index (χ2n) is 3.45. The summed E-state index contributed by atoms with van der Waals surface area (Å²) in [5.41, 5.74) is 0.724. The van der Waals surface area contributed by atoms with E-state index >= 15 is 0 Å². The van der Waals surface area contributed by atoms with E-state index < -0.39 is 0 Å². The maximum atomic E-state index is 8.47. The molecular weight excluding hydrogens is 274 g/mol. The summed E-state index contributed by atoms with van der Waals surface area (Å²) in [7, 11) is 1.56. The molecule has 1 aromatic carbocycles. The van der Waals surface area contributed by atoms with Crippen molar-refractivity contribution < 1.29 is 14.7 Å². The van der Waals surface area contributed by atoms with Gasteiger partial charge in [-0.25, -0.2) is 0 Å². The standard InChI is InChI=1S/C11H14BrNO3/c1-7(2)16-11-9(12)4-8(6-13-14)5-10(11)15-3/h4-7,14H,1-3H3/b13-6-. The van der Waals surface area contributed by atoms with E-state index in [0.717, 1.165) is 10.0 Å². The van der Waals surface area contributed by atoms with Crippen molar-refractivity contribution >= 4 is 22.1 Å². The Morgan fingerprint density at radius 2 is 2.12 bits per heavy atom. The largest absolute Gasteiger partial charge is 0.493 e. The van der Waals surface area contributed by atoms with E-state index in [0.29, 0.717) is 11.5 Å². The van der Waals surface area contributed by atoms with Crippen LogP contribution in [0.25, 0.3) is 0 Å². The van der Waals surface area contributed by atoms with E-state index in [2.05, 4.69) is 21.1 Å². The summed E-state index contributed by atoms with van der Waals surface area (Å²) in [6.45, 7) is 3.88. The van der Waals surface area contributed by atoms with Crippen molar-refractivity contribution in [1.29, 1.82) is 0 Å². The average Bonchev–Trinajstić information content (AvgIpc) is 2.21. The van der Waals surface area contributed by atoms with Crippen LogP contribution in [0.1, 0.15) is 19.4 Å². The molecule has 0 saturated carbocycles. The molecule has 0 saturated heterocycles. The van der Waals surface area contributed by atoms with Crippen molar-refractivity contribution in [2.24, 2.45) is 5.16 Å². The number of nitrogens with zero attached hydrogens (tertiary/aromatic N) is 1. The third kappa shape index (κ3) is 3.13. The lowest BCUT2D eigenvalue weighted by atomic mass is 10.2. The fourth-order valence-corrected chi connectivity index (χ4v) is 1.78. The maximum Gasteiger partial charge on any atom is 0.175 e. The predicted molar refractivity (Wildman–Crippen MR) is 65.8 cm³/mol. The normalized spacial score (nSPS) is 11.1. The van der Waals surface area contributed by atoms with Crippen LogP contribution in [0.4, 0.5) is 0 Å². The zero-order chi connectivity index (χ0) is 12.1. The van der Waals surface area contributed by atoms with Gasteiger partial charge in [0.1, 0.15) is 0 Å². The number of oxime groups is 1. The fraction of sp³-hybridized carbons (Fsp3) is 0.364. The third-order valence-corrected chi connectivity index (χ3v) is 2.40. The zero-order valence-electron chi connectivity index (χ0n) is 9.40. The van der Waals surface area contributed by atoms with Gasteiger partial charge in [-0.1, -0.05) is 5.16 Å². The first-order chi connectivity index (χ1) is 7.58. The summed E-state index contributed by atoms with van der Waals surface area (Å²) >= 11 is 3.39. The summed E-state index contributed by atoms with van der Waals surface area (Å²) in [6, 6.07) is 3.53. The zero-order valence-corrected chi connectivity index (χ0v) is 11.0. The smallest absolute Gasteiger partial charge is 0.175 e. The predicted octanol–water partition coefficient (Wildman–Crippen LogP) is 3.05. The molecule has 1 N–H and O–H groups in total. The number of ether oxygens (including phenoxy) is 2. The summed E-state index contributed by atoms with van der Waals surface area (Å²) in [5, 5.41) is 11.4. The highest BCUT2D eigenvalue weighted by molar-refractivity contribution is 9.10. The van der Waals surface area contributed by atoms with E-state index in [-0.39, 0.29) is 6.10 Å². The molecule has 0 amide bonds. The SMILES string of the molecule is COc1cc(/C=N\O)cc(Br)c1OC(C)C. The lowest BCUT2D eigenvalue weighted by molar-refractivity contribution is 0.228. The van der Waals surface area contributed by atoms with Crippen LogP contribution in [0.15, 0.2) is 21.8 Å². The summed E-state index contributed by atoms with van der Waals surface area (Å²) < 4.78 is 11.6. The van der Waals surface area contributed by atoms with Crippen LogP contribution in [0.5, 0.6) is 11.5 Å². The molecule has 1 rings (SSSR count). The number of rotatable bonds is 4. The Morgan fingerprint density at radius 3 is 2.62 bits per heavy atom. The number of benzene rings is 1. The van der Waals surface area contributed by atoms with Crippen molar-refractivity contribution in [3.63, 3.8) is 0 Å². The van der Waals surface area contributed by atoms with Crippen molar-refractivity contribution in [3.05, 3.63) is 22.2 Å². The molecule has 4 nitrogen and oxygen atoms in total. The summed E-state index contributed by atoms with van der Waals surface area (Å²) in [5.74, 6) is 1.24. The second-order valence-corrected chi connectivity index (χ2v) is 4.30. The van der Waals surface area contributed by atoms with Gasteiger partial charge in [-0.15, -0.1) is 0 Å². The minimum absolute atomic E-state index is 0.0579.